The Balaban J connectivity index is 1.32. The summed E-state index contributed by atoms with van der Waals surface area (Å²) in [6.07, 6.45) is 4.10. The van der Waals surface area contributed by atoms with Crippen molar-refractivity contribution >= 4 is 10.9 Å². The highest BCUT2D eigenvalue weighted by molar-refractivity contribution is 5.78. The summed E-state index contributed by atoms with van der Waals surface area (Å²) in [7, 11) is 0. The number of fused-ring (bicyclic) bond motifs is 1. The number of hydrogen-bond donors (Lipinski definition) is 0. The van der Waals surface area contributed by atoms with E-state index < -0.39 is 0 Å². The minimum absolute atomic E-state index is 0.654. The van der Waals surface area contributed by atoms with E-state index in [2.05, 4.69) is 33.4 Å². The molecule has 1 saturated heterocycles. The fourth-order valence-corrected chi connectivity index (χ4v) is 3.20. The molecule has 1 aromatic carbocycles. The molecule has 0 radical (unpaired) electrons. The molecule has 3 heterocycles. The Morgan fingerprint density at radius 3 is 2.80 bits per heavy atom. The van der Waals surface area contributed by atoms with Crippen LogP contribution >= 0.6 is 0 Å². The predicted molar refractivity (Wildman–Crippen MR) is 96.4 cm³/mol. The van der Waals surface area contributed by atoms with Gasteiger partial charge < -0.3 is 4.74 Å². The van der Waals surface area contributed by atoms with Crippen molar-refractivity contribution in [1.29, 1.82) is 0 Å². The summed E-state index contributed by atoms with van der Waals surface area (Å²) in [5.74, 6) is 0. The van der Waals surface area contributed by atoms with E-state index in [-0.39, 0.29) is 0 Å². The third-order valence-corrected chi connectivity index (χ3v) is 4.58. The minimum Gasteiger partial charge on any atom is -0.379 e. The summed E-state index contributed by atoms with van der Waals surface area (Å²) in [4.78, 5) is 7.15. The highest BCUT2D eigenvalue weighted by Gasteiger charge is 2.10. The van der Waals surface area contributed by atoms with Crippen molar-refractivity contribution in [3.8, 4) is 0 Å². The molecule has 130 valence electrons. The number of rotatable bonds is 6. The Hall–Kier alpha value is -2.31. The van der Waals surface area contributed by atoms with Gasteiger partial charge in [-0.3, -0.25) is 9.88 Å². The van der Waals surface area contributed by atoms with Gasteiger partial charge in [-0.25, -0.2) is 4.68 Å². The third-order valence-electron chi connectivity index (χ3n) is 4.58. The first-order valence-electron chi connectivity index (χ1n) is 8.91. The van der Waals surface area contributed by atoms with Crippen molar-refractivity contribution in [3.05, 3.63) is 54.0 Å². The van der Waals surface area contributed by atoms with Gasteiger partial charge in [-0.1, -0.05) is 29.5 Å². The van der Waals surface area contributed by atoms with Gasteiger partial charge in [0.1, 0.15) is 0 Å². The molecule has 0 bridgehead atoms. The van der Waals surface area contributed by atoms with Crippen LogP contribution in [0.3, 0.4) is 0 Å². The highest BCUT2D eigenvalue weighted by Crippen LogP contribution is 2.12. The molecule has 0 unspecified atom stereocenters. The van der Waals surface area contributed by atoms with Gasteiger partial charge >= 0.3 is 0 Å². The van der Waals surface area contributed by atoms with Crippen LogP contribution in [0.25, 0.3) is 10.9 Å². The van der Waals surface area contributed by atoms with E-state index in [0.29, 0.717) is 6.54 Å². The predicted octanol–water partition coefficient (Wildman–Crippen LogP) is 2.14. The van der Waals surface area contributed by atoms with E-state index >= 15 is 0 Å². The van der Waals surface area contributed by atoms with Gasteiger partial charge in [0.2, 0.25) is 0 Å². The summed E-state index contributed by atoms with van der Waals surface area (Å²) in [6.45, 7) is 5.55. The largest absolute Gasteiger partial charge is 0.379 e. The molecule has 4 rings (SSSR count). The maximum Gasteiger partial charge on any atom is 0.0849 e. The molecular weight excluding hydrogens is 314 g/mol. The fourth-order valence-electron chi connectivity index (χ4n) is 3.20. The lowest BCUT2D eigenvalue weighted by Crippen LogP contribution is -2.36. The molecule has 0 amide bonds. The maximum absolute atomic E-state index is 5.38. The van der Waals surface area contributed by atoms with Crippen molar-refractivity contribution in [2.45, 2.75) is 19.4 Å². The topological polar surface area (TPSA) is 56.1 Å². The second-order valence-corrected chi connectivity index (χ2v) is 6.46. The van der Waals surface area contributed by atoms with E-state index in [1.165, 1.54) is 0 Å². The Labute approximate surface area is 147 Å². The smallest absolute Gasteiger partial charge is 0.0849 e. The SMILES string of the molecule is c1ccc2nc(Cn3cc(CCCN4CCOCC4)nn3)ccc2c1. The van der Waals surface area contributed by atoms with Crippen LogP contribution in [-0.2, 0) is 17.7 Å². The summed E-state index contributed by atoms with van der Waals surface area (Å²) < 4.78 is 7.25. The molecule has 3 aromatic rings. The summed E-state index contributed by atoms with van der Waals surface area (Å²) >= 11 is 0. The van der Waals surface area contributed by atoms with Crippen LogP contribution in [0.4, 0.5) is 0 Å². The van der Waals surface area contributed by atoms with Crippen LogP contribution in [0, 0.1) is 0 Å². The van der Waals surface area contributed by atoms with Gasteiger partial charge in [-0.2, -0.15) is 0 Å². The van der Waals surface area contributed by atoms with Crippen molar-refractivity contribution in [3.63, 3.8) is 0 Å². The van der Waals surface area contributed by atoms with Crippen LogP contribution in [0.5, 0.6) is 0 Å². The van der Waals surface area contributed by atoms with Crippen molar-refractivity contribution < 1.29 is 4.74 Å². The summed E-state index contributed by atoms with van der Waals surface area (Å²) in [6, 6.07) is 12.3. The molecule has 6 heteroatoms. The van der Waals surface area contributed by atoms with Crippen LogP contribution < -0.4 is 0 Å². The molecule has 0 atom stereocenters. The Morgan fingerprint density at radius 1 is 1.00 bits per heavy atom. The van der Waals surface area contributed by atoms with E-state index in [9.17, 15) is 0 Å². The number of aryl methyl sites for hydroxylation is 1. The normalized spacial score (nSPS) is 15.7. The van der Waals surface area contributed by atoms with Crippen LogP contribution in [0.1, 0.15) is 17.8 Å². The standard InChI is InChI=1S/C19H23N5O/c1-2-6-19-16(4-1)7-8-17(20-19)14-24-15-18(21-22-24)5-3-9-23-10-12-25-13-11-23/h1-2,4,6-8,15H,3,5,9-14H2. The lowest BCUT2D eigenvalue weighted by molar-refractivity contribution is 0.0374. The van der Waals surface area contributed by atoms with Crippen molar-refractivity contribution in [1.82, 2.24) is 24.9 Å². The highest BCUT2D eigenvalue weighted by atomic mass is 16.5. The molecule has 0 N–H and O–H groups in total. The second-order valence-electron chi connectivity index (χ2n) is 6.46. The molecule has 0 spiro atoms. The first-order valence-corrected chi connectivity index (χ1v) is 8.91. The number of benzene rings is 1. The van der Waals surface area contributed by atoms with Crippen LogP contribution in [-0.4, -0.2) is 57.7 Å². The quantitative estimate of drug-likeness (QED) is 0.690. The van der Waals surface area contributed by atoms with Gasteiger partial charge in [0.15, 0.2) is 0 Å². The lowest BCUT2D eigenvalue weighted by atomic mass is 10.2. The molecule has 1 aliphatic heterocycles. The van der Waals surface area contributed by atoms with E-state index in [1.54, 1.807) is 0 Å². The number of hydrogen-bond acceptors (Lipinski definition) is 5. The number of morpholine rings is 1. The Morgan fingerprint density at radius 2 is 1.88 bits per heavy atom. The average Bonchev–Trinajstić information content (AvgIpc) is 3.10. The summed E-state index contributed by atoms with van der Waals surface area (Å²) in [5.41, 5.74) is 3.07. The first-order chi connectivity index (χ1) is 12.4. The number of para-hydroxylation sites is 1. The molecule has 1 aliphatic rings. The first kappa shape index (κ1) is 16.2. The van der Waals surface area contributed by atoms with Gasteiger partial charge in [0.25, 0.3) is 0 Å². The zero-order chi connectivity index (χ0) is 16.9. The van der Waals surface area contributed by atoms with Crippen LogP contribution in [0.15, 0.2) is 42.6 Å². The molecule has 0 aliphatic carbocycles. The van der Waals surface area contributed by atoms with Gasteiger partial charge in [-0.05, 0) is 31.5 Å². The summed E-state index contributed by atoms with van der Waals surface area (Å²) in [5, 5.41) is 9.71. The average molecular weight is 337 g/mol. The minimum atomic E-state index is 0.654. The second kappa shape index (κ2) is 7.72. The lowest BCUT2D eigenvalue weighted by Gasteiger charge is -2.26. The maximum atomic E-state index is 5.38. The van der Waals surface area contributed by atoms with E-state index in [4.69, 9.17) is 9.72 Å². The van der Waals surface area contributed by atoms with Gasteiger partial charge in [0.05, 0.1) is 36.7 Å². The monoisotopic (exact) mass is 337 g/mol. The molecule has 1 fully saturated rings. The molecule has 25 heavy (non-hydrogen) atoms. The van der Waals surface area contributed by atoms with Gasteiger partial charge in [0, 0.05) is 24.7 Å². The van der Waals surface area contributed by atoms with Crippen LogP contribution in [0.2, 0.25) is 0 Å². The fraction of sp³-hybridized carbons (Fsp3) is 0.421. The van der Waals surface area contributed by atoms with Crippen molar-refractivity contribution in [2.75, 3.05) is 32.8 Å². The number of pyridine rings is 1. The zero-order valence-electron chi connectivity index (χ0n) is 14.3. The molecule has 2 aromatic heterocycles. The molecule has 0 saturated carbocycles. The molecular formula is C19H23N5O. The number of aromatic nitrogens is 4. The van der Waals surface area contributed by atoms with E-state index in [1.807, 2.05) is 29.1 Å². The Bertz CT molecular complexity index is 825. The van der Waals surface area contributed by atoms with Crippen molar-refractivity contribution in [2.24, 2.45) is 0 Å². The molecule has 6 nitrogen and oxygen atoms in total. The Kier molecular flexibility index (Phi) is 4.99. The number of nitrogens with zero attached hydrogens (tertiary/aromatic N) is 5. The van der Waals surface area contributed by atoms with Gasteiger partial charge in [-0.15, -0.1) is 5.10 Å². The van der Waals surface area contributed by atoms with E-state index in [0.717, 1.165) is 68.0 Å². The third kappa shape index (κ3) is 4.21. The zero-order valence-corrected chi connectivity index (χ0v) is 14.3. The number of ether oxygens (including phenoxy) is 1.